The van der Waals surface area contributed by atoms with Crippen LogP contribution >= 0.6 is 23.1 Å². The molecule has 0 amide bonds. The molecule has 8 nitrogen and oxygen atoms in total. The molecule has 0 fully saturated rings. The molecule has 5 rings (SSSR count). The van der Waals surface area contributed by atoms with E-state index in [1.165, 1.54) is 17.4 Å². The zero-order valence-electron chi connectivity index (χ0n) is 15.1. The van der Waals surface area contributed by atoms with Crippen molar-refractivity contribution in [1.82, 2.24) is 19.4 Å². The van der Waals surface area contributed by atoms with Crippen LogP contribution in [-0.2, 0) is 0 Å². The van der Waals surface area contributed by atoms with Gasteiger partial charge in [0.15, 0.2) is 10.1 Å². The Labute approximate surface area is 176 Å². The van der Waals surface area contributed by atoms with Crippen LogP contribution < -0.4 is 10.1 Å². The van der Waals surface area contributed by atoms with Gasteiger partial charge in [0.2, 0.25) is 0 Å². The van der Waals surface area contributed by atoms with Gasteiger partial charge in [0, 0.05) is 18.5 Å². The van der Waals surface area contributed by atoms with Gasteiger partial charge in [-0.3, -0.25) is 14.9 Å². The van der Waals surface area contributed by atoms with Crippen LogP contribution in [0.15, 0.2) is 75.8 Å². The Morgan fingerprint density at radius 3 is 2.70 bits per heavy atom. The number of nitro benzene ring substituents is 1. The summed E-state index contributed by atoms with van der Waals surface area (Å²) in [6.45, 7) is 0. The summed E-state index contributed by atoms with van der Waals surface area (Å²) in [5, 5.41) is 12.0. The number of thiazole rings is 1. The lowest BCUT2D eigenvalue weighted by Crippen LogP contribution is -2.22. The third-order valence-electron chi connectivity index (χ3n) is 4.37. The molecule has 5 aromatic rings. The van der Waals surface area contributed by atoms with Crippen LogP contribution in [-0.4, -0.2) is 24.3 Å². The van der Waals surface area contributed by atoms with E-state index in [2.05, 4.69) is 15.0 Å². The number of nitro groups is 1. The predicted octanol–water partition coefficient (Wildman–Crippen LogP) is 3.31. The fraction of sp³-hybridized carbons (Fsp3) is 0. The first-order valence-electron chi connectivity index (χ1n) is 8.75. The van der Waals surface area contributed by atoms with E-state index >= 15 is 0 Å². The molecule has 3 aromatic heterocycles. The van der Waals surface area contributed by atoms with Crippen LogP contribution in [0, 0.1) is 10.1 Å². The largest absolute Gasteiger partial charge is 0.283 e. The standard InChI is InChI=1S/C20H11N5O3S2/c26-18-17(30-20-23-13-4-1-2-5-14(13)24(18)20)11-12-6-7-16(15(10-12)25(27)28)29-19-21-8-3-9-22-19/h1-11H/b17-11+. The van der Waals surface area contributed by atoms with Crippen molar-refractivity contribution >= 4 is 50.9 Å². The molecule has 0 aliphatic heterocycles. The van der Waals surface area contributed by atoms with Gasteiger partial charge >= 0.3 is 0 Å². The van der Waals surface area contributed by atoms with Gasteiger partial charge in [0.05, 0.1) is 25.4 Å². The van der Waals surface area contributed by atoms with Crippen LogP contribution in [0.2, 0.25) is 0 Å². The molecule has 0 unspecified atom stereocenters. The van der Waals surface area contributed by atoms with Gasteiger partial charge in [0.1, 0.15) is 0 Å². The highest BCUT2D eigenvalue weighted by Gasteiger charge is 2.17. The van der Waals surface area contributed by atoms with Gasteiger partial charge < -0.3 is 0 Å². The first kappa shape index (κ1) is 18.4. The van der Waals surface area contributed by atoms with E-state index in [1.54, 1.807) is 41.1 Å². The number of fused-ring (bicyclic) bond motifs is 3. The molecule has 0 aliphatic carbocycles. The van der Waals surface area contributed by atoms with Crippen molar-refractivity contribution in [3.63, 3.8) is 0 Å². The van der Waals surface area contributed by atoms with Gasteiger partial charge in [0.25, 0.3) is 11.2 Å². The summed E-state index contributed by atoms with van der Waals surface area (Å²) in [6, 6.07) is 13.9. The number of hydrogen-bond acceptors (Lipinski definition) is 8. The summed E-state index contributed by atoms with van der Waals surface area (Å²) in [6.07, 6.45) is 4.81. The van der Waals surface area contributed by atoms with E-state index in [1.807, 2.05) is 24.3 Å². The van der Waals surface area contributed by atoms with Crippen LogP contribution in [0.3, 0.4) is 0 Å². The summed E-state index contributed by atoms with van der Waals surface area (Å²) in [5.74, 6) is 0. The van der Waals surface area contributed by atoms with Gasteiger partial charge in [-0.2, -0.15) is 0 Å². The van der Waals surface area contributed by atoms with Crippen molar-refractivity contribution in [2.24, 2.45) is 0 Å². The van der Waals surface area contributed by atoms with E-state index in [-0.39, 0.29) is 11.2 Å². The Morgan fingerprint density at radius 1 is 1.10 bits per heavy atom. The highest BCUT2D eigenvalue weighted by atomic mass is 32.2. The van der Waals surface area contributed by atoms with Crippen LogP contribution in [0.25, 0.3) is 22.1 Å². The lowest BCUT2D eigenvalue weighted by Gasteiger charge is -2.02. The third-order valence-corrected chi connectivity index (χ3v) is 6.29. The van der Waals surface area contributed by atoms with Crippen LogP contribution in [0.5, 0.6) is 0 Å². The Hall–Kier alpha value is -3.63. The number of rotatable bonds is 4. The number of nitrogens with zero attached hydrogens (tertiary/aromatic N) is 5. The second-order valence-corrected chi connectivity index (χ2v) is 8.27. The second-order valence-electron chi connectivity index (χ2n) is 6.25. The zero-order valence-corrected chi connectivity index (χ0v) is 16.8. The van der Waals surface area contributed by atoms with E-state index < -0.39 is 4.92 Å². The summed E-state index contributed by atoms with van der Waals surface area (Å²) < 4.78 is 2.03. The Kier molecular flexibility index (Phi) is 4.49. The number of para-hydroxylation sites is 2. The Balaban J connectivity index is 1.60. The minimum Gasteiger partial charge on any atom is -0.267 e. The number of imidazole rings is 1. The molecular formula is C20H11N5O3S2. The monoisotopic (exact) mass is 433 g/mol. The first-order chi connectivity index (χ1) is 14.6. The molecule has 0 spiro atoms. The molecule has 0 aliphatic rings. The zero-order chi connectivity index (χ0) is 20.7. The minimum atomic E-state index is -0.449. The van der Waals surface area contributed by atoms with E-state index in [4.69, 9.17) is 0 Å². The molecular weight excluding hydrogens is 422 g/mol. The minimum absolute atomic E-state index is 0.0690. The maximum absolute atomic E-state index is 12.9. The molecule has 0 N–H and O–H groups in total. The third kappa shape index (κ3) is 3.21. The maximum Gasteiger partial charge on any atom is 0.283 e. The lowest BCUT2D eigenvalue weighted by atomic mass is 10.2. The number of benzene rings is 2. The lowest BCUT2D eigenvalue weighted by molar-refractivity contribution is -0.387. The van der Waals surface area contributed by atoms with Crippen molar-refractivity contribution in [1.29, 1.82) is 0 Å². The summed E-state index contributed by atoms with van der Waals surface area (Å²) in [5.41, 5.74) is 1.80. The SMILES string of the molecule is O=c1/c(=C\c2ccc(Sc3ncccn3)c([N+](=O)[O-])c2)sc2nc3ccccc3n12. The van der Waals surface area contributed by atoms with Crippen molar-refractivity contribution < 1.29 is 4.92 Å². The second kappa shape index (κ2) is 7.32. The average Bonchev–Trinajstić information content (AvgIpc) is 3.26. The summed E-state index contributed by atoms with van der Waals surface area (Å²) in [7, 11) is 0. The molecule has 30 heavy (non-hydrogen) atoms. The van der Waals surface area contributed by atoms with Gasteiger partial charge in [-0.05, 0) is 47.7 Å². The van der Waals surface area contributed by atoms with Crippen molar-refractivity contribution in [3.8, 4) is 0 Å². The maximum atomic E-state index is 12.9. The quantitative estimate of drug-likeness (QED) is 0.243. The summed E-state index contributed by atoms with van der Waals surface area (Å²) >= 11 is 2.37. The molecule has 3 heterocycles. The number of aromatic nitrogens is 4. The summed E-state index contributed by atoms with van der Waals surface area (Å²) in [4.78, 5) is 37.7. The molecule has 0 saturated carbocycles. The van der Waals surface area contributed by atoms with Crippen molar-refractivity contribution in [3.05, 3.63) is 91.5 Å². The molecule has 0 radical (unpaired) electrons. The topological polar surface area (TPSA) is 103 Å². The number of hydrogen-bond donors (Lipinski definition) is 0. The smallest absolute Gasteiger partial charge is 0.267 e. The average molecular weight is 433 g/mol. The molecule has 0 atom stereocenters. The molecule has 2 aromatic carbocycles. The van der Waals surface area contributed by atoms with Crippen LogP contribution in [0.4, 0.5) is 5.69 Å². The molecule has 0 saturated heterocycles. The normalized spacial score (nSPS) is 12.1. The Bertz CT molecular complexity index is 1530. The fourth-order valence-corrected chi connectivity index (χ4v) is 4.84. The molecule has 0 bridgehead atoms. The van der Waals surface area contributed by atoms with E-state index in [0.29, 0.717) is 25.1 Å². The van der Waals surface area contributed by atoms with E-state index in [9.17, 15) is 14.9 Å². The Morgan fingerprint density at radius 2 is 1.90 bits per heavy atom. The van der Waals surface area contributed by atoms with Gasteiger partial charge in [-0.1, -0.05) is 29.5 Å². The van der Waals surface area contributed by atoms with Crippen LogP contribution in [0.1, 0.15) is 5.56 Å². The fourth-order valence-electron chi connectivity index (χ4n) is 3.05. The first-order valence-corrected chi connectivity index (χ1v) is 10.4. The molecule has 10 heteroatoms. The van der Waals surface area contributed by atoms with E-state index in [0.717, 1.165) is 22.8 Å². The van der Waals surface area contributed by atoms with Crippen molar-refractivity contribution in [2.45, 2.75) is 10.1 Å². The predicted molar refractivity (Wildman–Crippen MR) is 115 cm³/mol. The highest BCUT2D eigenvalue weighted by molar-refractivity contribution is 7.99. The van der Waals surface area contributed by atoms with Gasteiger partial charge in [-0.15, -0.1) is 0 Å². The molecule has 146 valence electrons. The van der Waals surface area contributed by atoms with Gasteiger partial charge in [-0.25, -0.2) is 19.4 Å². The highest BCUT2D eigenvalue weighted by Crippen LogP contribution is 2.33. The van der Waals surface area contributed by atoms with Crippen molar-refractivity contribution in [2.75, 3.05) is 0 Å².